The van der Waals surface area contributed by atoms with Crippen molar-refractivity contribution in [1.29, 1.82) is 0 Å². The molecule has 4 nitrogen and oxygen atoms in total. The quantitative estimate of drug-likeness (QED) is 0.176. The van der Waals surface area contributed by atoms with Gasteiger partial charge in [0.2, 0.25) is 0 Å². The Morgan fingerprint density at radius 2 is 0.870 bits per heavy atom. The van der Waals surface area contributed by atoms with Crippen molar-refractivity contribution in [2.24, 2.45) is 21.7 Å². The maximum absolute atomic E-state index is 13.5. The van der Waals surface area contributed by atoms with Gasteiger partial charge in [-0.1, -0.05) is 108 Å². The topological polar surface area (TPSA) is 58.2 Å². The van der Waals surface area contributed by atoms with Crippen LogP contribution in [0.1, 0.15) is 109 Å². The van der Waals surface area contributed by atoms with Gasteiger partial charge in [0.15, 0.2) is 11.6 Å². The molecule has 1 radical (unpaired) electrons. The van der Waals surface area contributed by atoms with Crippen molar-refractivity contribution >= 4 is 18.8 Å². The summed E-state index contributed by atoms with van der Waals surface area (Å²) in [5.41, 5.74) is 4.95. The second kappa shape index (κ2) is 15.3. The molecule has 46 heavy (non-hydrogen) atoms. The minimum atomic E-state index is -6.00. The fourth-order valence-corrected chi connectivity index (χ4v) is 5.42. The predicted molar refractivity (Wildman–Crippen MR) is 179 cm³/mol. The van der Waals surface area contributed by atoms with Crippen LogP contribution < -0.4 is 10.6 Å². The van der Waals surface area contributed by atoms with Crippen molar-refractivity contribution in [3.63, 3.8) is 0 Å². The zero-order valence-electron chi connectivity index (χ0n) is 29.7. The number of hydrogen-bond donors (Lipinski definition) is 2. The van der Waals surface area contributed by atoms with Gasteiger partial charge in [-0.25, -0.2) is 0 Å². The summed E-state index contributed by atoms with van der Waals surface area (Å²) in [6, 6.07) is 0.340. The molecular formula is C36H54BF4MnN2O2-. The van der Waals surface area contributed by atoms with Crippen LogP contribution in [0.5, 0.6) is 0 Å². The molecule has 0 spiro atoms. The van der Waals surface area contributed by atoms with Gasteiger partial charge in [-0.2, -0.15) is 0 Å². The molecule has 259 valence electrons. The van der Waals surface area contributed by atoms with Gasteiger partial charge in [-0.15, -0.1) is 0 Å². The van der Waals surface area contributed by atoms with Crippen LogP contribution >= 0.6 is 0 Å². The minimum absolute atomic E-state index is 0. The van der Waals surface area contributed by atoms with Crippen LogP contribution in [0.3, 0.4) is 0 Å². The number of nitrogens with one attached hydrogen (secondary N) is 2. The Labute approximate surface area is 285 Å². The molecule has 3 aliphatic carbocycles. The Kier molecular flexibility index (Phi) is 13.8. The first-order valence-electron chi connectivity index (χ1n) is 16.0. The summed E-state index contributed by atoms with van der Waals surface area (Å²) in [6.07, 6.45) is 16.5. The van der Waals surface area contributed by atoms with Gasteiger partial charge in [0.25, 0.3) is 0 Å². The molecule has 10 heteroatoms. The normalized spacial score (nSPS) is 23.4. The van der Waals surface area contributed by atoms with E-state index in [1.165, 1.54) is 11.1 Å². The first-order chi connectivity index (χ1) is 20.2. The third-order valence-corrected chi connectivity index (χ3v) is 8.26. The Morgan fingerprint density at radius 3 is 1.11 bits per heavy atom. The third-order valence-electron chi connectivity index (χ3n) is 8.26. The van der Waals surface area contributed by atoms with E-state index in [2.05, 4.69) is 118 Å². The zero-order chi connectivity index (χ0) is 34.8. The van der Waals surface area contributed by atoms with E-state index < -0.39 is 7.25 Å². The predicted octanol–water partition coefficient (Wildman–Crippen LogP) is 9.60. The fraction of sp³-hybridized carbons (Fsp3) is 0.611. The van der Waals surface area contributed by atoms with Crippen LogP contribution in [0.25, 0.3) is 0 Å². The number of rotatable bonds is 4. The van der Waals surface area contributed by atoms with E-state index in [1.807, 2.05) is 12.4 Å². The van der Waals surface area contributed by atoms with Crippen molar-refractivity contribution in [2.75, 3.05) is 0 Å². The standard InChI is InChI=1S/C36H54N2O2.BF4.Mn/c1-33(2,3)25-17-23(31(39)27(19-25)35(7,8)9)21-37-29-15-13-14-16-30(29)38-22-24-18-26(34(4,5)6)20-28(32(24)40)36(10,11)12;2-1(3,4)5;/h17-22,29-30,37-38H,13-16H2,1-12H3;;/q;-1;/b23-21-,24-22-;;/t29-,30-;;/m1../s1. The maximum atomic E-state index is 13.5. The summed E-state index contributed by atoms with van der Waals surface area (Å²) in [5, 5.41) is 7.25. The molecule has 0 bridgehead atoms. The van der Waals surface area contributed by atoms with Crippen LogP contribution in [-0.4, -0.2) is 30.9 Å². The average molecular weight is 689 g/mol. The molecule has 0 aromatic carbocycles. The van der Waals surface area contributed by atoms with Crippen LogP contribution in [0.4, 0.5) is 17.3 Å². The van der Waals surface area contributed by atoms with Crippen molar-refractivity contribution < 1.29 is 43.9 Å². The minimum Gasteiger partial charge on any atom is -0.418 e. The van der Waals surface area contributed by atoms with Gasteiger partial charge in [0, 0.05) is 63.8 Å². The van der Waals surface area contributed by atoms with Crippen LogP contribution in [0.2, 0.25) is 0 Å². The molecule has 0 amide bonds. The molecule has 0 heterocycles. The number of Topliss-reactive ketones (excluding diaryl/α,β-unsaturated/α-hetero) is 2. The molecule has 2 atom stereocenters. The van der Waals surface area contributed by atoms with Gasteiger partial charge in [-0.05, 0) is 57.8 Å². The molecule has 0 unspecified atom stereocenters. The summed E-state index contributed by atoms with van der Waals surface area (Å²) < 4.78 is 39.0. The van der Waals surface area contributed by atoms with Gasteiger partial charge in [0.05, 0.1) is 0 Å². The first-order valence-corrected chi connectivity index (χ1v) is 16.0. The number of hydrogen-bond acceptors (Lipinski definition) is 4. The van der Waals surface area contributed by atoms with Gasteiger partial charge < -0.3 is 27.9 Å². The molecule has 2 N–H and O–H groups in total. The van der Waals surface area contributed by atoms with Crippen molar-refractivity contribution in [3.8, 4) is 0 Å². The molecule has 3 aliphatic rings. The molecule has 0 aromatic rings. The number of allylic oxidation sites excluding steroid dienone is 10. The first kappa shape index (κ1) is 41.7. The maximum Gasteiger partial charge on any atom is 0.673 e. The summed E-state index contributed by atoms with van der Waals surface area (Å²) in [6.45, 7) is 25.8. The monoisotopic (exact) mass is 688 g/mol. The van der Waals surface area contributed by atoms with E-state index in [1.54, 1.807) is 0 Å². The molecule has 1 fully saturated rings. The largest absolute Gasteiger partial charge is 0.673 e. The number of carbonyl (C=O) groups excluding carboxylic acids is 2. The Balaban J connectivity index is 0.00000163. The summed E-state index contributed by atoms with van der Waals surface area (Å²) >= 11 is 0. The third kappa shape index (κ3) is 12.4. The second-order valence-electron chi connectivity index (χ2n) is 16.5. The van der Waals surface area contributed by atoms with Crippen LogP contribution in [0.15, 0.2) is 70.1 Å². The summed E-state index contributed by atoms with van der Waals surface area (Å²) in [4.78, 5) is 27.0. The van der Waals surface area contributed by atoms with E-state index in [0.29, 0.717) is 0 Å². The van der Waals surface area contributed by atoms with E-state index in [9.17, 15) is 26.9 Å². The molecule has 1 saturated carbocycles. The van der Waals surface area contributed by atoms with E-state index in [0.717, 1.165) is 48.0 Å². The number of ketones is 2. The van der Waals surface area contributed by atoms with Gasteiger partial charge in [-0.3, -0.25) is 9.59 Å². The fourth-order valence-electron chi connectivity index (χ4n) is 5.42. The Morgan fingerprint density at radius 1 is 0.587 bits per heavy atom. The molecule has 0 aromatic heterocycles. The van der Waals surface area contributed by atoms with Gasteiger partial charge >= 0.3 is 7.25 Å². The van der Waals surface area contributed by atoms with E-state index in [4.69, 9.17) is 0 Å². The smallest absolute Gasteiger partial charge is 0.418 e. The van der Waals surface area contributed by atoms with Gasteiger partial charge in [0.1, 0.15) is 0 Å². The molecule has 0 saturated heterocycles. The van der Waals surface area contributed by atoms with Crippen molar-refractivity contribution in [1.82, 2.24) is 10.6 Å². The van der Waals surface area contributed by atoms with Crippen molar-refractivity contribution in [2.45, 2.75) is 121 Å². The van der Waals surface area contributed by atoms with Crippen molar-refractivity contribution in [3.05, 3.63) is 70.1 Å². The molecular weight excluding hydrogens is 634 g/mol. The molecule has 3 rings (SSSR count). The van der Waals surface area contributed by atoms with Crippen LogP contribution in [-0.2, 0) is 26.7 Å². The van der Waals surface area contributed by atoms with E-state index >= 15 is 0 Å². The summed E-state index contributed by atoms with van der Waals surface area (Å²) in [7, 11) is -6.00. The Hall–Kier alpha value is -2.32. The Bertz CT molecular complexity index is 1220. The SMILES string of the molecule is CC(C)(C)C1=C/C(=C/N[C@@H]2CCCC[C@H]2N/C=C2/C=C(C(C)(C)C)C=C(C(C)(C)C)C2=O)C(=O)C(C(C)(C)C)=C1.F[B-](F)(F)F.[Mn]. The summed E-state index contributed by atoms with van der Waals surface area (Å²) in [5.74, 6) is 0.203. The molecule has 0 aliphatic heterocycles. The number of carbonyl (C=O) groups is 2. The average Bonchev–Trinajstić information content (AvgIpc) is 2.84. The number of halogens is 4. The zero-order valence-corrected chi connectivity index (χ0v) is 30.9. The second-order valence-corrected chi connectivity index (χ2v) is 16.5. The van der Waals surface area contributed by atoms with E-state index in [-0.39, 0.29) is 62.4 Å². The van der Waals surface area contributed by atoms with Crippen LogP contribution in [0, 0.1) is 21.7 Å².